The minimum Gasteiger partial charge on any atom is -0.491 e. The van der Waals surface area contributed by atoms with Crippen LogP contribution in [0.25, 0.3) is 23.1 Å². The van der Waals surface area contributed by atoms with Crippen LogP contribution < -0.4 is 4.74 Å². The summed E-state index contributed by atoms with van der Waals surface area (Å²) in [6.07, 6.45) is 3.55. The van der Waals surface area contributed by atoms with E-state index >= 15 is 0 Å². The molecule has 1 aliphatic rings. The molecule has 0 amide bonds. The molecule has 2 heterocycles. The van der Waals surface area contributed by atoms with Crippen LogP contribution in [-0.2, 0) is 4.74 Å². The average molecular weight is 411 g/mol. The van der Waals surface area contributed by atoms with Crippen LogP contribution in [-0.4, -0.2) is 65.6 Å². The Labute approximate surface area is 172 Å². The fourth-order valence-corrected chi connectivity index (χ4v) is 3.40. The Hall–Kier alpha value is -3.23. The van der Waals surface area contributed by atoms with E-state index in [-0.39, 0.29) is 11.4 Å². The highest BCUT2D eigenvalue weighted by Gasteiger charge is 2.19. The zero-order chi connectivity index (χ0) is 20.9. The van der Waals surface area contributed by atoms with Crippen LogP contribution in [0.1, 0.15) is 21.6 Å². The number of aromatic carboxylic acids is 1. The van der Waals surface area contributed by atoms with Gasteiger partial charge in [0.1, 0.15) is 23.7 Å². The molecule has 0 saturated carbocycles. The lowest BCUT2D eigenvalue weighted by Gasteiger charge is -2.26. The number of carboxylic acid groups (broad SMARTS) is 1. The Morgan fingerprint density at radius 2 is 1.97 bits per heavy atom. The number of rotatable bonds is 7. The lowest BCUT2D eigenvalue weighted by Crippen LogP contribution is -2.38. The number of nitrogens with zero attached hydrogens (tertiary/aromatic N) is 2. The van der Waals surface area contributed by atoms with Gasteiger partial charge in [-0.05, 0) is 35.9 Å². The summed E-state index contributed by atoms with van der Waals surface area (Å²) < 4.78 is 24.4. The van der Waals surface area contributed by atoms with Gasteiger partial charge < -0.3 is 14.6 Å². The Bertz CT molecular complexity index is 1060. The van der Waals surface area contributed by atoms with Gasteiger partial charge in [0.25, 0.3) is 0 Å². The largest absolute Gasteiger partial charge is 0.491 e. The zero-order valence-electron chi connectivity index (χ0n) is 16.3. The Morgan fingerprint density at radius 3 is 2.70 bits per heavy atom. The normalized spacial score (nSPS) is 15.1. The summed E-state index contributed by atoms with van der Waals surface area (Å²) in [7, 11) is 0. The summed E-state index contributed by atoms with van der Waals surface area (Å²) in [4.78, 5) is 14.0. The van der Waals surface area contributed by atoms with E-state index in [4.69, 9.17) is 9.47 Å². The van der Waals surface area contributed by atoms with Gasteiger partial charge in [0.05, 0.1) is 29.8 Å². The second-order valence-corrected chi connectivity index (χ2v) is 6.97. The summed E-state index contributed by atoms with van der Waals surface area (Å²) in [5.74, 6) is -1.08. The van der Waals surface area contributed by atoms with Crippen molar-refractivity contribution in [3.05, 3.63) is 59.0 Å². The van der Waals surface area contributed by atoms with Crippen molar-refractivity contribution in [2.45, 2.75) is 0 Å². The number of aromatic nitrogens is 2. The third-order valence-electron chi connectivity index (χ3n) is 5.00. The van der Waals surface area contributed by atoms with Crippen LogP contribution >= 0.6 is 0 Å². The number of morpholine rings is 1. The first kappa shape index (κ1) is 20.1. The third kappa shape index (κ3) is 4.50. The summed E-state index contributed by atoms with van der Waals surface area (Å²) >= 11 is 0. The average Bonchev–Trinajstić information content (AvgIpc) is 3.17. The number of hydrogen-bond acceptors (Lipinski definition) is 5. The van der Waals surface area contributed by atoms with E-state index in [0.717, 1.165) is 18.7 Å². The van der Waals surface area contributed by atoms with E-state index in [1.54, 1.807) is 30.4 Å². The smallest absolute Gasteiger partial charge is 0.339 e. The van der Waals surface area contributed by atoms with Gasteiger partial charge in [0.2, 0.25) is 0 Å². The predicted octanol–water partition coefficient (Wildman–Crippen LogP) is 3.28. The van der Waals surface area contributed by atoms with Gasteiger partial charge in [0.15, 0.2) is 0 Å². The molecule has 30 heavy (non-hydrogen) atoms. The summed E-state index contributed by atoms with van der Waals surface area (Å²) in [5.41, 5.74) is 2.12. The second kappa shape index (κ2) is 9.06. The molecule has 0 spiro atoms. The minimum absolute atomic E-state index is 0.0855. The number of carbonyl (C=O) groups is 1. The predicted molar refractivity (Wildman–Crippen MR) is 111 cm³/mol. The van der Waals surface area contributed by atoms with Crippen molar-refractivity contribution < 1.29 is 23.8 Å². The Balaban J connectivity index is 1.62. The quantitative estimate of drug-likeness (QED) is 0.620. The number of hydrogen-bond donors (Lipinski definition) is 2. The van der Waals surface area contributed by atoms with Crippen LogP contribution in [0.4, 0.5) is 4.39 Å². The number of benzene rings is 2. The van der Waals surface area contributed by atoms with Gasteiger partial charge >= 0.3 is 5.97 Å². The maximum atomic E-state index is 13.1. The van der Waals surface area contributed by atoms with Crippen LogP contribution in [0, 0.1) is 5.82 Å². The van der Waals surface area contributed by atoms with E-state index in [0.29, 0.717) is 48.7 Å². The van der Waals surface area contributed by atoms with Crippen molar-refractivity contribution >= 4 is 29.0 Å². The summed E-state index contributed by atoms with van der Waals surface area (Å²) in [6, 6.07) is 9.26. The Morgan fingerprint density at radius 1 is 1.20 bits per heavy atom. The van der Waals surface area contributed by atoms with Gasteiger partial charge in [-0.3, -0.25) is 10.00 Å². The van der Waals surface area contributed by atoms with Crippen LogP contribution in [0.3, 0.4) is 0 Å². The van der Waals surface area contributed by atoms with Crippen molar-refractivity contribution in [1.29, 1.82) is 0 Å². The number of fused-ring (bicyclic) bond motifs is 1. The molecule has 0 unspecified atom stereocenters. The molecular formula is C22H22FN3O4. The van der Waals surface area contributed by atoms with E-state index in [9.17, 15) is 14.3 Å². The zero-order valence-corrected chi connectivity index (χ0v) is 16.3. The molecule has 7 nitrogen and oxygen atoms in total. The van der Waals surface area contributed by atoms with Gasteiger partial charge in [-0.1, -0.05) is 18.2 Å². The standard InChI is InChI=1S/C22H22FN3O4/c23-16-4-1-15(2-5-16)3-7-18-20-19(25-24-18)8-6-17(22(27)28)21(20)30-14-11-26-9-12-29-13-10-26/h1-8H,9-14H2,(H,24,25)(H,27,28). The van der Waals surface area contributed by atoms with Gasteiger partial charge in [-0.25, -0.2) is 9.18 Å². The lowest BCUT2D eigenvalue weighted by molar-refractivity contribution is 0.0322. The summed E-state index contributed by atoms with van der Waals surface area (Å²) in [5, 5.41) is 17.5. The maximum Gasteiger partial charge on any atom is 0.339 e. The molecule has 0 atom stereocenters. The molecule has 4 rings (SSSR count). The third-order valence-corrected chi connectivity index (χ3v) is 5.00. The second-order valence-electron chi connectivity index (χ2n) is 6.97. The number of aromatic amines is 1. The molecule has 1 saturated heterocycles. The number of ether oxygens (including phenoxy) is 2. The monoisotopic (exact) mass is 411 g/mol. The molecule has 156 valence electrons. The lowest BCUT2D eigenvalue weighted by atomic mass is 10.1. The first-order valence-electron chi connectivity index (χ1n) is 9.73. The number of H-pyrrole nitrogens is 1. The summed E-state index contributed by atoms with van der Waals surface area (Å²) in [6.45, 7) is 4.07. The van der Waals surface area contributed by atoms with Gasteiger partial charge in [0, 0.05) is 19.6 Å². The fourth-order valence-electron chi connectivity index (χ4n) is 3.40. The molecule has 8 heteroatoms. The molecule has 2 aromatic carbocycles. The van der Waals surface area contributed by atoms with Crippen LogP contribution in [0.5, 0.6) is 5.75 Å². The maximum absolute atomic E-state index is 13.1. The van der Waals surface area contributed by atoms with Crippen molar-refractivity contribution in [3.8, 4) is 5.75 Å². The van der Waals surface area contributed by atoms with Gasteiger partial charge in [-0.2, -0.15) is 5.10 Å². The van der Waals surface area contributed by atoms with E-state index < -0.39 is 5.97 Å². The van der Waals surface area contributed by atoms with Crippen LogP contribution in [0.2, 0.25) is 0 Å². The van der Waals surface area contributed by atoms with Gasteiger partial charge in [-0.15, -0.1) is 0 Å². The minimum atomic E-state index is -1.06. The molecule has 1 aromatic heterocycles. The molecule has 0 bridgehead atoms. The highest BCUT2D eigenvalue weighted by Crippen LogP contribution is 2.32. The van der Waals surface area contributed by atoms with E-state index in [1.807, 2.05) is 0 Å². The number of halogens is 1. The molecule has 1 aliphatic heterocycles. The van der Waals surface area contributed by atoms with Crippen molar-refractivity contribution in [3.63, 3.8) is 0 Å². The van der Waals surface area contributed by atoms with Crippen LogP contribution in [0.15, 0.2) is 36.4 Å². The number of nitrogens with one attached hydrogen (secondary N) is 1. The van der Waals surface area contributed by atoms with Crippen molar-refractivity contribution in [2.24, 2.45) is 0 Å². The first-order valence-corrected chi connectivity index (χ1v) is 9.73. The topological polar surface area (TPSA) is 87.7 Å². The highest BCUT2D eigenvalue weighted by molar-refractivity contribution is 6.02. The van der Waals surface area contributed by atoms with E-state index in [1.165, 1.54) is 18.2 Å². The molecule has 2 N–H and O–H groups in total. The van der Waals surface area contributed by atoms with E-state index in [2.05, 4.69) is 15.1 Å². The highest BCUT2D eigenvalue weighted by atomic mass is 19.1. The molecule has 1 fully saturated rings. The van der Waals surface area contributed by atoms with Crippen molar-refractivity contribution in [1.82, 2.24) is 15.1 Å². The molecule has 3 aromatic rings. The molecular weight excluding hydrogens is 389 g/mol. The molecule has 0 aliphatic carbocycles. The Kier molecular flexibility index (Phi) is 6.06. The first-order chi connectivity index (χ1) is 14.6. The fraction of sp³-hybridized carbons (Fsp3) is 0.273. The van der Waals surface area contributed by atoms with Crippen molar-refractivity contribution in [2.75, 3.05) is 39.5 Å². The molecule has 0 radical (unpaired) electrons. The SMILES string of the molecule is O=C(O)c1ccc2[nH]nc(C=Cc3ccc(F)cc3)c2c1OCCN1CCOCC1. The number of carboxylic acids is 1.